The summed E-state index contributed by atoms with van der Waals surface area (Å²) in [5.74, 6) is 0.431. The highest BCUT2D eigenvalue weighted by Crippen LogP contribution is 2.37. The van der Waals surface area contributed by atoms with Crippen LogP contribution in [0, 0.1) is 6.92 Å². The van der Waals surface area contributed by atoms with Crippen molar-refractivity contribution < 1.29 is 23.4 Å². The number of hydrogen-bond donors (Lipinski definition) is 1. The Bertz CT molecular complexity index is 1180. The molecule has 1 aliphatic rings. The molecule has 1 fully saturated rings. The maximum atomic E-state index is 12.6. The van der Waals surface area contributed by atoms with Crippen LogP contribution in [0.1, 0.15) is 52.0 Å². The number of anilines is 1. The summed E-state index contributed by atoms with van der Waals surface area (Å²) in [6.07, 6.45) is -1.16. The summed E-state index contributed by atoms with van der Waals surface area (Å²) in [4.78, 5) is 12.6. The van der Waals surface area contributed by atoms with Gasteiger partial charge in [0, 0.05) is 16.1 Å². The van der Waals surface area contributed by atoms with Gasteiger partial charge in [-0.1, -0.05) is 59.2 Å². The van der Waals surface area contributed by atoms with Crippen LogP contribution in [0.3, 0.4) is 0 Å². The van der Waals surface area contributed by atoms with E-state index in [0.29, 0.717) is 22.2 Å². The number of carbonyl (C=O) groups excluding carboxylic acids is 1. The molecule has 7 nitrogen and oxygen atoms in total. The summed E-state index contributed by atoms with van der Waals surface area (Å²) in [7, 11) is -0.464. The van der Waals surface area contributed by atoms with Crippen LogP contribution in [-0.4, -0.2) is 29.6 Å². The molecule has 1 saturated heterocycles. The van der Waals surface area contributed by atoms with E-state index in [1.54, 1.807) is 19.9 Å². The minimum absolute atomic E-state index is 0.420. The molecule has 0 spiro atoms. The molecule has 0 bridgehead atoms. The number of amides is 1. The first kappa shape index (κ1) is 24.3. The standard InChI is InChI=1S/C25H28BClN2O5/c1-15-21(28-23(30)31-16(2)19-9-7-8-10-20(19)27)22(32-29-15)17-11-13-18(14-12-17)26-33-24(3,4)25(5,6)34-26/h7-14,16H,1-6H3,(H,28,30). The van der Waals surface area contributed by atoms with Crippen LogP contribution < -0.4 is 10.8 Å². The largest absolute Gasteiger partial charge is 0.494 e. The zero-order valence-electron chi connectivity index (χ0n) is 20.1. The van der Waals surface area contributed by atoms with Crippen LogP contribution in [-0.2, 0) is 14.0 Å². The molecule has 1 amide bonds. The minimum Gasteiger partial charge on any atom is -0.441 e. The lowest BCUT2D eigenvalue weighted by molar-refractivity contribution is 0.00578. The second-order valence-electron chi connectivity index (χ2n) is 9.38. The smallest absolute Gasteiger partial charge is 0.441 e. The van der Waals surface area contributed by atoms with Crippen LogP contribution in [0.25, 0.3) is 11.3 Å². The first-order valence-electron chi connectivity index (χ1n) is 11.1. The first-order chi connectivity index (χ1) is 16.0. The predicted molar refractivity (Wildman–Crippen MR) is 132 cm³/mol. The number of rotatable bonds is 5. The summed E-state index contributed by atoms with van der Waals surface area (Å²) in [6.45, 7) is 11.6. The molecule has 1 aliphatic heterocycles. The number of ether oxygens (including phenoxy) is 1. The van der Waals surface area contributed by atoms with Gasteiger partial charge in [0.2, 0.25) is 0 Å². The van der Waals surface area contributed by atoms with Crippen molar-refractivity contribution >= 4 is 36.0 Å². The fraction of sp³-hybridized carbons (Fsp3) is 0.360. The van der Waals surface area contributed by atoms with Gasteiger partial charge in [-0.2, -0.15) is 0 Å². The average molecular weight is 483 g/mol. The van der Waals surface area contributed by atoms with E-state index in [1.807, 2.05) is 70.2 Å². The number of aromatic nitrogens is 1. The third-order valence-corrected chi connectivity index (χ3v) is 6.76. The topological polar surface area (TPSA) is 82.8 Å². The molecule has 3 aromatic rings. The lowest BCUT2D eigenvalue weighted by Crippen LogP contribution is -2.41. The van der Waals surface area contributed by atoms with E-state index < -0.39 is 30.5 Å². The Morgan fingerprint density at radius 3 is 2.29 bits per heavy atom. The first-order valence-corrected chi connectivity index (χ1v) is 11.5. The molecule has 2 heterocycles. The molecule has 4 rings (SSSR count). The second kappa shape index (κ2) is 9.10. The molecule has 9 heteroatoms. The van der Waals surface area contributed by atoms with Gasteiger partial charge in [-0.25, -0.2) is 4.79 Å². The van der Waals surface area contributed by atoms with Crippen molar-refractivity contribution in [1.29, 1.82) is 0 Å². The Morgan fingerprint density at radius 2 is 1.68 bits per heavy atom. The van der Waals surface area contributed by atoms with E-state index >= 15 is 0 Å². The maximum Gasteiger partial charge on any atom is 0.494 e. The van der Waals surface area contributed by atoms with Gasteiger partial charge in [-0.15, -0.1) is 0 Å². The molecule has 0 radical (unpaired) electrons. The van der Waals surface area contributed by atoms with Crippen LogP contribution in [0.5, 0.6) is 0 Å². The summed E-state index contributed by atoms with van der Waals surface area (Å²) < 4.78 is 23.3. The van der Waals surface area contributed by atoms with Gasteiger partial charge in [0.15, 0.2) is 5.76 Å². The monoisotopic (exact) mass is 482 g/mol. The van der Waals surface area contributed by atoms with Gasteiger partial charge >= 0.3 is 13.2 Å². The van der Waals surface area contributed by atoms with Crippen molar-refractivity contribution in [3.05, 3.63) is 64.8 Å². The summed E-state index contributed by atoms with van der Waals surface area (Å²) in [5, 5.41) is 7.31. The van der Waals surface area contributed by atoms with E-state index in [4.69, 9.17) is 30.2 Å². The van der Waals surface area contributed by atoms with E-state index in [2.05, 4.69) is 10.5 Å². The van der Waals surface area contributed by atoms with E-state index in [9.17, 15) is 4.79 Å². The highest BCUT2D eigenvalue weighted by molar-refractivity contribution is 6.62. The van der Waals surface area contributed by atoms with E-state index in [-0.39, 0.29) is 0 Å². The SMILES string of the molecule is Cc1noc(-c2ccc(B3OC(C)(C)C(C)(C)O3)cc2)c1NC(=O)OC(C)c1ccccc1Cl. The fourth-order valence-electron chi connectivity index (χ4n) is 3.65. The molecule has 0 saturated carbocycles. The summed E-state index contributed by atoms with van der Waals surface area (Å²) >= 11 is 6.21. The highest BCUT2D eigenvalue weighted by Gasteiger charge is 2.51. The third kappa shape index (κ3) is 4.71. The molecule has 1 N–H and O–H groups in total. The number of benzene rings is 2. The van der Waals surface area contributed by atoms with Gasteiger partial charge in [0.25, 0.3) is 0 Å². The molecular formula is C25H28BClN2O5. The normalized spacial score (nSPS) is 17.4. The van der Waals surface area contributed by atoms with Crippen molar-refractivity contribution in [2.24, 2.45) is 0 Å². The molecule has 1 aromatic heterocycles. The molecule has 34 heavy (non-hydrogen) atoms. The quantitative estimate of drug-likeness (QED) is 0.455. The predicted octanol–water partition coefficient (Wildman–Crippen LogP) is 5.91. The Kier molecular flexibility index (Phi) is 6.51. The Labute approximate surface area is 204 Å². The van der Waals surface area contributed by atoms with Gasteiger partial charge in [-0.05, 0) is 53.1 Å². The lowest BCUT2D eigenvalue weighted by Gasteiger charge is -2.32. The number of halogens is 1. The molecular weight excluding hydrogens is 455 g/mol. The fourth-order valence-corrected chi connectivity index (χ4v) is 3.93. The van der Waals surface area contributed by atoms with Crippen LogP contribution in [0.15, 0.2) is 53.1 Å². The van der Waals surface area contributed by atoms with Crippen molar-refractivity contribution in [3.8, 4) is 11.3 Å². The Hall–Kier alpha value is -2.81. The van der Waals surface area contributed by atoms with Crippen LogP contribution in [0.2, 0.25) is 5.02 Å². The van der Waals surface area contributed by atoms with Crippen LogP contribution in [0.4, 0.5) is 10.5 Å². The van der Waals surface area contributed by atoms with E-state index in [0.717, 1.165) is 16.6 Å². The summed E-state index contributed by atoms with van der Waals surface area (Å²) in [5.41, 5.74) is 2.50. The maximum absolute atomic E-state index is 12.6. The molecule has 2 aromatic carbocycles. The van der Waals surface area contributed by atoms with Gasteiger partial charge < -0.3 is 18.6 Å². The third-order valence-electron chi connectivity index (χ3n) is 6.42. The lowest BCUT2D eigenvalue weighted by atomic mass is 9.79. The molecule has 0 aliphatic carbocycles. The molecule has 178 valence electrons. The average Bonchev–Trinajstić information content (AvgIpc) is 3.23. The van der Waals surface area contributed by atoms with Gasteiger partial charge in [0.1, 0.15) is 17.5 Å². The van der Waals surface area contributed by atoms with E-state index in [1.165, 1.54) is 0 Å². The zero-order chi connectivity index (χ0) is 24.7. The Balaban J connectivity index is 1.49. The number of aryl methyl sites for hydroxylation is 1. The molecule has 1 atom stereocenters. The van der Waals surface area contributed by atoms with Crippen molar-refractivity contribution in [2.75, 3.05) is 5.32 Å². The number of nitrogens with one attached hydrogen (secondary N) is 1. The van der Waals surface area contributed by atoms with Gasteiger partial charge in [0.05, 0.1) is 11.2 Å². The van der Waals surface area contributed by atoms with Crippen LogP contribution >= 0.6 is 11.6 Å². The minimum atomic E-state index is -0.631. The Morgan fingerprint density at radius 1 is 1.06 bits per heavy atom. The highest BCUT2D eigenvalue weighted by atomic mass is 35.5. The number of carbonyl (C=O) groups is 1. The van der Waals surface area contributed by atoms with Crippen molar-refractivity contribution in [1.82, 2.24) is 5.16 Å². The second-order valence-corrected chi connectivity index (χ2v) is 9.78. The zero-order valence-corrected chi connectivity index (χ0v) is 20.9. The number of nitrogens with zero attached hydrogens (tertiary/aromatic N) is 1. The summed E-state index contributed by atoms with van der Waals surface area (Å²) in [6, 6.07) is 14.8. The number of hydrogen-bond acceptors (Lipinski definition) is 6. The van der Waals surface area contributed by atoms with Gasteiger partial charge in [-0.3, -0.25) is 5.32 Å². The van der Waals surface area contributed by atoms with Crippen molar-refractivity contribution in [3.63, 3.8) is 0 Å². The molecule has 1 unspecified atom stereocenters. The van der Waals surface area contributed by atoms with Crippen molar-refractivity contribution in [2.45, 2.75) is 58.8 Å².